The van der Waals surface area contributed by atoms with E-state index in [1.807, 2.05) is 29.0 Å². The van der Waals surface area contributed by atoms with Gasteiger partial charge in [-0.3, -0.25) is 8.99 Å². The van der Waals surface area contributed by atoms with Crippen molar-refractivity contribution in [3.05, 3.63) is 58.6 Å². The lowest BCUT2D eigenvalue weighted by atomic mass is 10.0. The van der Waals surface area contributed by atoms with Crippen molar-refractivity contribution in [1.29, 1.82) is 0 Å². The number of rotatable bonds is 4. The van der Waals surface area contributed by atoms with E-state index in [1.165, 1.54) is 6.07 Å². The van der Waals surface area contributed by atoms with Crippen LogP contribution in [-0.2, 0) is 11.0 Å². The van der Waals surface area contributed by atoms with Gasteiger partial charge in [0.15, 0.2) is 5.65 Å². The summed E-state index contributed by atoms with van der Waals surface area (Å²) in [7, 11) is -1.16. The van der Waals surface area contributed by atoms with Gasteiger partial charge in [-0.15, -0.1) is 0 Å². The second kappa shape index (κ2) is 8.60. The molecule has 0 amide bonds. The van der Waals surface area contributed by atoms with Gasteiger partial charge in [0.2, 0.25) is 0 Å². The standard InChI is InChI=1S/C24H23ClFN7OS/c1-13-14(2)29-24-22(28-13)21(19-6-3-16(25)9-20(19)26)30-23(31-24)15-7-8-35(34)33(11-15)18-10-27-32(12-18)17-4-5-17/h3,6,9-10,12,15,17H,4-5,7-8,11H2,1-2H3. The largest absolute Gasteiger partial charge is 0.288 e. The lowest BCUT2D eigenvalue weighted by molar-refractivity contribution is 0.597. The summed E-state index contributed by atoms with van der Waals surface area (Å²) in [6.07, 6.45) is 6.63. The third-order valence-electron chi connectivity index (χ3n) is 6.58. The first-order valence-electron chi connectivity index (χ1n) is 11.6. The molecule has 35 heavy (non-hydrogen) atoms. The minimum Gasteiger partial charge on any atom is -0.288 e. The fraction of sp³-hybridized carbons (Fsp3) is 0.375. The first-order chi connectivity index (χ1) is 16.9. The van der Waals surface area contributed by atoms with Crippen LogP contribution in [0.4, 0.5) is 10.1 Å². The second-order valence-corrected chi connectivity index (χ2v) is 11.0. The maximum absolute atomic E-state index is 15.0. The molecule has 2 unspecified atom stereocenters. The molecule has 2 fully saturated rings. The van der Waals surface area contributed by atoms with Gasteiger partial charge in [0.25, 0.3) is 0 Å². The van der Waals surface area contributed by atoms with Crippen LogP contribution in [0.25, 0.3) is 22.4 Å². The number of halogens is 2. The molecule has 2 aliphatic rings. The Morgan fingerprint density at radius 3 is 2.66 bits per heavy atom. The average Bonchev–Trinajstić information content (AvgIpc) is 3.57. The molecule has 180 valence electrons. The highest BCUT2D eigenvalue weighted by Crippen LogP contribution is 2.37. The number of fused-ring (bicyclic) bond motifs is 1. The van der Waals surface area contributed by atoms with Gasteiger partial charge in [0.1, 0.15) is 33.8 Å². The van der Waals surface area contributed by atoms with E-state index in [1.54, 1.807) is 18.3 Å². The van der Waals surface area contributed by atoms with Crippen molar-refractivity contribution in [2.24, 2.45) is 0 Å². The molecule has 11 heteroatoms. The number of aromatic nitrogens is 6. The normalized spacial score (nSPS) is 20.5. The summed E-state index contributed by atoms with van der Waals surface area (Å²) in [5, 5.41) is 4.76. The minimum atomic E-state index is -1.16. The van der Waals surface area contributed by atoms with Crippen LogP contribution in [0.3, 0.4) is 0 Å². The average molecular weight is 512 g/mol. The monoisotopic (exact) mass is 511 g/mol. The van der Waals surface area contributed by atoms with Gasteiger partial charge in [0.05, 0.1) is 29.3 Å². The molecular formula is C24H23ClFN7OS. The minimum absolute atomic E-state index is 0.112. The van der Waals surface area contributed by atoms with Gasteiger partial charge in [0, 0.05) is 35.0 Å². The van der Waals surface area contributed by atoms with Crippen LogP contribution >= 0.6 is 11.6 Å². The van der Waals surface area contributed by atoms with Gasteiger partial charge in [-0.2, -0.15) is 5.10 Å². The quantitative estimate of drug-likeness (QED) is 0.395. The summed E-state index contributed by atoms with van der Waals surface area (Å²) < 4.78 is 31.7. The van der Waals surface area contributed by atoms with E-state index in [9.17, 15) is 8.60 Å². The second-order valence-electron chi connectivity index (χ2n) is 9.10. The Kier molecular flexibility index (Phi) is 5.52. The van der Waals surface area contributed by atoms with Crippen molar-refractivity contribution in [1.82, 2.24) is 29.7 Å². The third-order valence-corrected chi connectivity index (χ3v) is 8.25. The van der Waals surface area contributed by atoms with Crippen LogP contribution in [0.15, 0.2) is 30.6 Å². The van der Waals surface area contributed by atoms with Crippen molar-refractivity contribution in [2.75, 3.05) is 16.6 Å². The maximum atomic E-state index is 15.0. The first kappa shape index (κ1) is 22.5. The molecule has 1 aromatic carbocycles. The lowest BCUT2D eigenvalue weighted by Gasteiger charge is -2.31. The zero-order valence-electron chi connectivity index (χ0n) is 19.3. The fourth-order valence-corrected chi connectivity index (χ4v) is 5.88. The SMILES string of the molecule is Cc1nc2nc(C3CCS(=O)N(c4cnn(C5CC5)c4)C3)nc(-c3ccc(Cl)cc3F)c2nc1C. The number of hydrogen-bond acceptors (Lipinski definition) is 6. The lowest BCUT2D eigenvalue weighted by Crippen LogP contribution is -2.38. The van der Waals surface area contributed by atoms with E-state index in [0.717, 1.165) is 29.9 Å². The molecule has 1 aliphatic heterocycles. The van der Waals surface area contributed by atoms with Gasteiger partial charge >= 0.3 is 0 Å². The summed E-state index contributed by atoms with van der Waals surface area (Å²) in [5.74, 6) is 0.418. The molecule has 4 aromatic rings. The molecule has 1 saturated carbocycles. The van der Waals surface area contributed by atoms with E-state index in [2.05, 4.69) is 15.1 Å². The fourth-order valence-electron chi connectivity index (χ4n) is 4.34. The van der Waals surface area contributed by atoms with Crippen LogP contribution in [0.2, 0.25) is 5.02 Å². The predicted molar refractivity (Wildman–Crippen MR) is 133 cm³/mol. The smallest absolute Gasteiger partial charge is 0.182 e. The Bertz CT molecular complexity index is 1490. The van der Waals surface area contributed by atoms with Crippen molar-refractivity contribution in [2.45, 2.75) is 45.1 Å². The number of nitrogens with zero attached hydrogens (tertiary/aromatic N) is 7. The summed E-state index contributed by atoms with van der Waals surface area (Å²) in [6.45, 7) is 4.19. The summed E-state index contributed by atoms with van der Waals surface area (Å²) in [4.78, 5) is 18.8. The zero-order chi connectivity index (χ0) is 24.3. The van der Waals surface area contributed by atoms with Gasteiger partial charge in [-0.1, -0.05) is 11.6 Å². The van der Waals surface area contributed by atoms with Gasteiger partial charge < -0.3 is 0 Å². The van der Waals surface area contributed by atoms with Crippen LogP contribution in [0.1, 0.15) is 48.4 Å². The third kappa shape index (κ3) is 4.18. The van der Waals surface area contributed by atoms with Crippen LogP contribution in [0, 0.1) is 19.7 Å². The first-order valence-corrected chi connectivity index (χ1v) is 13.2. The van der Waals surface area contributed by atoms with E-state index in [-0.39, 0.29) is 5.92 Å². The van der Waals surface area contributed by atoms with Gasteiger partial charge in [-0.25, -0.2) is 28.5 Å². The number of anilines is 1. The van der Waals surface area contributed by atoms with E-state index in [0.29, 0.717) is 58.0 Å². The number of aryl methyl sites for hydroxylation is 2. The highest BCUT2D eigenvalue weighted by Gasteiger charge is 2.32. The van der Waals surface area contributed by atoms with Crippen molar-refractivity contribution in [3.8, 4) is 11.3 Å². The molecule has 0 spiro atoms. The summed E-state index contributed by atoms with van der Waals surface area (Å²) >= 11 is 5.99. The van der Waals surface area contributed by atoms with Gasteiger partial charge in [-0.05, 0) is 51.3 Å². The zero-order valence-corrected chi connectivity index (χ0v) is 20.9. The van der Waals surface area contributed by atoms with E-state index >= 15 is 0 Å². The van der Waals surface area contributed by atoms with E-state index in [4.69, 9.17) is 21.6 Å². The Morgan fingerprint density at radius 2 is 1.89 bits per heavy atom. The summed E-state index contributed by atoms with van der Waals surface area (Å²) in [6, 6.07) is 4.95. The molecule has 0 radical (unpaired) electrons. The topological polar surface area (TPSA) is 89.7 Å². The Balaban J connectivity index is 1.43. The molecule has 2 atom stereocenters. The van der Waals surface area contributed by atoms with Crippen LogP contribution < -0.4 is 4.31 Å². The molecule has 0 bridgehead atoms. The molecule has 8 nitrogen and oxygen atoms in total. The Hall–Kier alpha value is -2.98. The molecular weight excluding hydrogens is 489 g/mol. The molecule has 6 rings (SSSR count). The van der Waals surface area contributed by atoms with Crippen LogP contribution in [0.5, 0.6) is 0 Å². The van der Waals surface area contributed by atoms with Crippen molar-refractivity contribution in [3.63, 3.8) is 0 Å². The van der Waals surface area contributed by atoms with E-state index < -0.39 is 16.8 Å². The predicted octanol–water partition coefficient (Wildman–Crippen LogP) is 4.69. The molecule has 0 N–H and O–H groups in total. The molecule has 1 saturated heterocycles. The Morgan fingerprint density at radius 1 is 1.09 bits per heavy atom. The number of benzene rings is 1. The highest BCUT2D eigenvalue weighted by molar-refractivity contribution is 7.86. The van der Waals surface area contributed by atoms with Crippen molar-refractivity contribution >= 4 is 39.4 Å². The molecule has 1 aliphatic carbocycles. The number of hydrogen-bond donors (Lipinski definition) is 0. The molecule has 3 aromatic heterocycles. The van der Waals surface area contributed by atoms with Crippen molar-refractivity contribution < 1.29 is 8.60 Å². The highest BCUT2D eigenvalue weighted by atomic mass is 35.5. The Labute approximate surface area is 209 Å². The summed E-state index contributed by atoms with van der Waals surface area (Å²) in [5.41, 5.74) is 3.86. The molecule has 4 heterocycles. The maximum Gasteiger partial charge on any atom is 0.182 e. The van der Waals surface area contributed by atoms with Crippen LogP contribution in [-0.4, -0.2) is 46.2 Å².